The Labute approximate surface area is 171 Å². The number of piperidine rings is 1. The van der Waals surface area contributed by atoms with Crippen LogP contribution in [0.1, 0.15) is 23.3 Å². The van der Waals surface area contributed by atoms with Crippen molar-refractivity contribution in [3.8, 4) is 5.88 Å². The van der Waals surface area contributed by atoms with Gasteiger partial charge in [-0.25, -0.2) is 14.7 Å². The molecule has 0 radical (unpaired) electrons. The number of nitrogens with zero attached hydrogens (tertiary/aromatic N) is 3. The van der Waals surface area contributed by atoms with Crippen LogP contribution in [0.4, 0.5) is 18.9 Å². The van der Waals surface area contributed by atoms with Crippen LogP contribution < -0.4 is 9.64 Å². The minimum absolute atomic E-state index is 0.335. The topological polar surface area (TPSA) is 97.4 Å². The van der Waals surface area contributed by atoms with E-state index in [9.17, 15) is 22.8 Å². The van der Waals surface area contributed by atoms with Gasteiger partial charge in [-0.15, -0.1) is 0 Å². The highest BCUT2D eigenvalue weighted by molar-refractivity contribution is 6.42. The summed E-state index contributed by atoms with van der Waals surface area (Å²) < 4.78 is 46.0. The highest BCUT2D eigenvalue weighted by Gasteiger charge is 2.43. The summed E-state index contributed by atoms with van der Waals surface area (Å²) in [5.41, 5.74) is 0.309. The molecule has 2 aromatic rings. The molecule has 1 aromatic heterocycles. The number of aromatic amines is 1. The number of halogens is 5. The summed E-state index contributed by atoms with van der Waals surface area (Å²) >= 11 is 11.9. The minimum atomic E-state index is -5.30. The first kappa shape index (κ1) is 21.2. The maximum atomic E-state index is 12.2. The Morgan fingerprint density at radius 1 is 1.17 bits per heavy atom. The maximum absolute atomic E-state index is 12.2. The molecule has 1 aromatic carbocycles. The zero-order valence-corrected chi connectivity index (χ0v) is 16.0. The lowest BCUT2D eigenvalue weighted by atomic mass is 10.1. The first-order chi connectivity index (χ1) is 13.6. The number of esters is 2. The Morgan fingerprint density at radius 3 is 2.48 bits per heavy atom. The number of ether oxygens (including phenoxy) is 2. The average Bonchev–Trinajstić information content (AvgIpc) is 3.12. The summed E-state index contributed by atoms with van der Waals surface area (Å²) in [6, 6.07) is 5.27. The zero-order valence-electron chi connectivity index (χ0n) is 14.5. The van der Waals surface area contributed by atoms with Gasteiger partial charge in [0.2, 0.25) is 5.69 Å². The van der Waals surface area contributed by atoms with Gasteiger partial charge in [-0.3, -0.25) is 0 Å². The molecule has 0 atom stereocenters. The van der Waals surface area contributed by atoms with Gasteiger partial charge in [0.1, 0.15) is 6.10 Å². The smallest absolute Gasteiger partial charge is 0.471 e. The molecule has 13 heteroatoms. The van der Waals surface area contributed by atoms with Gasteiger partial charge in [0.25, 0.3) is 5.88 Å². The van der Waals surface area contributed by atoms with Crippen LogP contribution in [-0.4, -0.2) is 52.7 Å². The van der Waals surface area contributed by atoms with Crippen LogP contribution in [0.25, 0.3) is 0 Å². The van der Waals surface area contributed by atoms with Gasteiger partial charge in [0, 0.05) is 31.6 Å². The van der Waals surface area contributed by atoms with Crippen molar-refractivity contribution in [1.29, 1.82) is 0 Å². The van der Waals surface area contributed by atoms with E-state index in [1.807, 2.05) is 6.07 Å². The number of aromatic nitrogens is 3. The predicted octanol–water partition coefficient (Wildman–Crippen LogP) is 3.41. The fourth-order valence-electron chi connectivity index (χ4n) is 2.70. The zero-order chi connectivity index (χ0) is 21.2. The summed E-state index contributed by atoms with van der Waals surface area (Å²) in [5, 5.41) is 9.82. The summed E-state index contributed by atoms with van der Waals surface area (Å²) in [5.74, 6) is -4.56. The third-order valence-corrected chi connectivity index (χ3v) is 4.87. The third-order valence-electron chi connectivity index (χ3n) is 4.13. The van der Waals surface area contributed by atoms with Crippen molar-refractivity contribution in [1.82, 2.24) is 15.4 Å². The molecule has 3 rings (SSSR count). The van der Waals surface area contributed by atoms with Crippen LogP contribution >= 0.6 is 23.2 Å². The lowest BCUT2D eigenvalue weighted by Gasteiger charge is -2.33. The van der Waals surface area contributed by atoms with Gasteiger partial charge in [-0.1, -0.05) is 33.5 Å². The quantitative estimate of drug-likeness (QED) is 0.560. The molecule has 2 heterocycles. The number of rotatable bonds is 4. The monoisotopic (exact) mass is 452 g/mol. The number of anilines is 1. The Balaban J connectivity index is 1.59. The first-order valence-electron chi connectivity index (χ1n) is 8.26. The molecule has 0 amide bonds. The molecule has 0 bridgehead atoms. The fourth-order valence-corrected chi connectivity index (χ4v) is 2.99. The summed E-state index contributed by atoms with van der Waals surface area (Å²) in [6.45, 7) is 1.18. The van der Waals surface area contributed by atoms with Crippen LogP contribution in [0.15, 0.2) is 18.2 Å². The summed E-state index contributed by atoms with van der Waals surface area (Å²) in [6.07, 6.45) is -4.61. The van der Waals surface area contributed by atoms with Crippen LogP contribution in [0, 0.1) is 0 Å². The number of benzene rings is 1. The SMILES string of the molecule is O=C(OC(=O)C(F)(F)F)c1[nH]nnc1OC1CCN(c2ccc(Cl)c(Cl)c2)CC1. The van der Waals surface area contributed by atoms with Crippen molar-refractivity contribution in [3.05, 3.63) is 33.9 Å². The lowest BCUT2D eigenvalue weighted by Crippen LogP contribution is -2.38. The van der Waals surface area contributed by atoms with E-state index in [4.69, 9.17) is 27.9 Å². The molecule has 0 saturated carbocycles. The molecule has 29 heavy (non-hydrogen) atoms. The third kappa shape index (κ3) is 5.10. The van der Waals surface area contributed by atoms with Gasteiger partial charge in [-0.2, -0.15) is 13.2 Å². The van der Waals surface area contributed by atoms with Crippen molar-refractivity contribution in [2.24, 2.45) is 0 Å². The van der Waals surface area contributed by atoms with Gasteiger partial charge in [0.05, 0.1) is 10.0 Å². The van der Waals surface area contributed by atoms with Gasteiger partial charge < -0.3 is 14.4 Å². The second-order valence-corrected chi connectivity index (χ2v) is 6.88. The molecule has 0 aliphatic carbocycles. The van der Waals surface area contributed by atoms with Crippen LogP contribution in [0.5, 0.6) is 5.88 Å². The number of nitrogens with one attached hydrogen (secondary N) is 1. The molecule has 1 aliphatic rings. The van der Waals surface area contributed by atoms with Crippen molar-refractivity contribution in [2.75, 3.05) is 18.0 Å². The van der Waals surface area contributed by atoms with Gasteiger partial charge >= 0.3 is 18.1 Å². The molecule has 1 fully saturated rings. The molecule has 0 unspecified atom stereocenters. The van der Waals surface area contributed by atoms with E-state index >= 15 is 0 Å². The van der Waals surface area contributed by atoms with E-state index in [1.54, 1.807) is 12.1 Å². The molecule has 1 saturated heterocycles. The van der Waals surface area contributed by atoms with E-state index in [2.05, 4.69) is 25.0 Å². The van der Waals surface area contributed by atoms with E-state index in [-0.39, 0.29) is 12.0 Å². The Morgan fingerprint density at radius 2 is 1.86 bits per heavy atom. The Kier molecular flexibility index (Phi) is 6.18. The summed E-state index contributed by atoms with van der Waals surface area (Å²) in [4.78, 5) is 24.6. The molecular formula is C16H13Cl2F3N4O4. The normalized spacial score (nSPS) is 15.3. The number of H-pyrrole nitrogens is 1. The van der Waals surface area contributed by atoms with Crippen LogP contribution in [0.2, 0.25) is 10.0 Å². The van der Waals surface area contributed by atoms with Crippen molar-refractivity contribution in [2.45, 2.75) is 25.1 Å². The highest BCUT2D eigenvalue weighted by atomic mass is 35.5. The van der Waals surface area contributed by atoms with Gasteiger partial charge in [-0.05, 0) is 18.2 Å². The first-order valence-corrected chi connectivity index (χ1v) is 9.01. The number of carbonyl (C=O) groups is 2. The van der Waals surface area contributed by atoms with Crippen molar-refractivity contribution < 1.29 is 32.2 Å². The minimum Gasteiger partial charge on any atom is -0.471 e. The number of hydrogen-bond acceptors (Lipinski definition) is 7. The van der Waals surface area contributed by atoms with E-state index in [0.717, 1.165) is 5.69 Å². The Bertz CT molecular complexity index is 914. The van der Waals surface area contributed by atoms with E-state index in [1.165, 1.54) is 0 Å². The van der Waals surface area contributed by atoms with E-state index in [0.29, 0.717) is 36.0 Å². The standard InChI is InChI=1S/C16H13Cl2F3N4O4/c17-10-2-1-8(7-11(10)18)25-5-3-9(4-6-25)28-13-12(22-24-23-13)14(26)29-15(27)16(19,20)21/h1-2,7,9H,3-6H2,(H,22,23,24). The molecular weight excluding hydrogens is 440 g/mol. The highest BCUT2D eigenvalue weighted by Crippen LogP contribution is 2.29. The molecule has 156 valence electrons. The Hall–Kier alpha value is -2.53. The van der Waals surface area contributed by atoms with Crippen molar-refractivity contribution in [3.63, 3.8) is 0 Å². The molecule has 8 nitrogen and oxygen atoms in total. The fraction of sp³-hybridized carbons (Fsp3) is 0.375. The summed E-state index contributed by atoms with van der Waals surface area (Å²) in [7, 11) is 0. The number of alkyl halides is 3. The predicted molar refractivity (Wildman–Crippen MR) is 95.2 cm³/mol. The van der Waals surface area contributed by atoms with Crippen molar-refractivity contribution >= 4 is 40.8 Å². The number of carbonyl (C=O) groups excluding carboxylic acids is 2. The van der Waals surface area contributed by atoms with Crippen LogP contribution in [-0.2, 0) is 9.53 Å². The molecule has 1 aliphatic heterocycles. The van der Waals surface area contributed by atoms with E-state index < -0.39 is 23.8 Å². The largest absolute Gasteiger partial charge is 0.491 e. The van der Waals surface area contributed by atoms with Crippen LogP contribution in [0.3, 0.4) is 0 Å². The molecule has 1 N–H and O–H groups in total. The average molecular weight is 453 g/mol. The van der Waals surface area contributed by atoms with Gasteiger partial charge in [0.15, 0.2) is 0 Å². The molecule has 0 spiro atoms. The second kappa shape index (κ2) is 8.46. The lowest BCUT2D eigenvalue weighted by molar-refractivity contribution is -0.193. The maximum Gasteiger partial charge on any atom is 0.491 e. The second-order valence-electron chi connectivity index (χ2n) is 6.07. The number of hydrogen-bond donors (Lipinski definition) is 1.